The molecule has 0 saturated carbocycles. The first-order chi connectivity index (χ1) is 16.9. The number of aromatic nitrogens is 1. The first-order valence-corrected chi connectivity index (χ1v) is 12.0. The summed E-state index contributed by atoms with van der Waals surface area (Å²) in [7, 11) is 0. The Morgan fingerprint density at radius 1 is 1.06 bits per heavy atom. The molecular weight excluding hydrogens is 503 g/mol. The first-order valence-electron chi connectivity index (χ1n) is 10.8. The van der Waals surface area contributed by atoms with Gasteiger partial charge in [0.2, 0.25) is 5.91 Å². The zero-order valence-corrected chi connectivity index (χ0v) is 20.9. The first kappa shape index (κ1) is 23.4. The van der Waals surface area contributed by atoms with Crippen LogP contribution in [0.2, 0.25) is 10.0 Å². The number of hydrogen-bond donors (Lipinski definition) is 2. The number of amides is 1. The predicted molar refractivity (Wildman–Crippen MR) is 143 cm³/mol. The quantitative estimate of drug-likeness (QED) is 0.281. The highest BCUT2D eigenvalue weighted by Gasteiger charge is 2.42. The van der Waals surface area contributed by atoms with Gasteiger partial charge in [-0.3, -0.25) is 9.78 Å². The summed E-state index contributed by atoms with van der Waals surface area (Å²) in [4.78, 5) is 18.0. The van der Waals surface area contributed by atoms with E-state index in [4.69, 9.17) is 39.8 Å². The maximum atomic E-state index is 11.4. The van der Waals surface area contributed by atoms with Gasteiger partial charge < -0.3 is 20.0 Å². The van der Waals surface area contributed by atoms with Gasteiger partial charge in [-0.2, -0.15) is 0 Å². The van der Waals surface area contributed by atoms with E-state index in [1.807, 2.05) is 71.6 Å². The Balaban J connectivity index is 1.57. The van der Waals surface area contributed by atoms with Crippen LogP contribution in [0.1, 0.15) is 30.5 Å². The summed E-state index contributed by atoms with van der Waals surface area (Å²) in [6, 6.07) is 21.9. The molecule has 6 nitrogen and oxygen atoms in total. The van der Waals surface area contributed by atoms with Crippen molar-refractivity contribution in [3.63, 3.8) is 0 Å². The lowest BCUT2D eigenvalue weighted by Crippen LogP contribution is -2.29. The second-order valence-corrected chi connectivity index (χ2v) is 9.20. The van der Waals surface area contributed by atoms with Crippen LogP contribution < -0.4 is 15.5 Å². The summed E-state index contributed by atoms with van der Waals surface area (Å²) in [5, 5.41) is 7.61. The Hall–Kier alpha value is -3.39. The van der Waals surface area contributed by atoms with Crippen LogP contribution in [0.15, 0.2) is 83.4 Å². The highest BCUT2D eigenvalue weighted by molar-refractivity contribution is 7.80. The maximum absolute atomic E-state index is 11.4. The number of rotatable bonds is 5. The topological polar surface area (TPSA) is 70.4 Å². The summed E-state index contributed by atoms with van der Waals surface area (Å²) in [5.74, 6) is 1.16. The summed E-state index contributed by atoms with van der Waals surface area (Å²) < 4.78 is 6.35. The molecule has 2 atom stereocenters. The van der Waals surface area contributed by atoms with Gasteiger partial charge in [0, 0.05) is 30.1 Å². The van der Waals surface area contributed by atoms with Crippen molar-refractivity contribution >= 4 is 57.8 Å². The monoisotopic (exact) mass is 522 g/mol. The van der Waals surface area contributed by atoms with Gasteiger partial charge in [-0.05, 0) is 72.9 Å². The SMILES string of the molecule is CC(=O)Nc1ccc(N2C(=S)N[C@H](c3ccccn3)[C@@H]2c2ccc(-c3cccc(Cl)c3Cl)o2)cc1. The van der Waals surface area contributed by atoms with Gasteiger partial charge >= 0.3 is 0 Å². The summed E-state index contributed by atoms with van der Waals surface area (Å²) in [6.07, 6.45) is 1.75. The van der Waals surface area contributed by atoms with Crippen LogP contribution in [-0.4, -0.2) is 16.0 Å². The Morgan fingerprint density at radius 2 is 1.86 bits per heavy atom. The van der Waals surface area contributed by atoms with E-state index in [0.29, 0.717) is 37.9 Å². The number of nitrogens with zero attached hydrogens (tertiary/aromatic N) is 2. The molecule has 0 aliphatic carbocycles. The van der Waals surface area contributed by atoms with E-state index in [1.165, 1.54) is 6.92 Å². The number of thiocarbonyl (C=S) groups is 1. The molecule has 35 heavy (non-hydrogen) atoms. The molecule has 1 aliphatic heterocycles. The smallest absolute Gasteiger partial charge is 0.221 e. The van der Waals surface area contributed by atoms with Crippen molar-refractivity contribution in [1.82, 2.24) is 10.3 Å². The number of furan rings is 1. The average Bonchev–Trinajstić information content (AvgIpc) is 3.46. The van der Waals surface area contributed by atoms with Gasteiger partial charge in [-0.15, -0.1) is 0 Å². The Kier molecular flexibility index (Phi) is 6.47. The van der Waals surface area contributed by atoms with E-state index in [9.17, 15) is 4.79 Å². The molecule has 1 amide bonds. The lowest BCUT2D eigenvalue weighted by atomic mass is 10.0. The van der Waals surface area contributed by atoms with Gasteiger partial charge in [-0.25, -0.2) is 0 Å². The molecule has 9 heteroatoms. The van der Waals surface area contributed by atoms with Crippen molar-refractivity contribution in [2.45, 2.75) is 19.0 Å². The number of pyridine rings is 1. The molecule has 5 rings (SSSR count). The highest BCUT2D eigenvalue weighted by Crippen LogP contribution is 2.44. The second kappa shape index (κ2) is 9.70. The van der Waals surface area contributed by atoms with Crippen molar-refractivity contribution in [2.75, 3.05) is 10.2 Å². The highest BCUT2D eigenvalue weighted by atomic mass is 35.5. The average molecular weight is 523 g/mol. The Labute approximate surface area is 217 Å². The van der Waals surface area contributed by atoms with Crippen molar-refractivity contribution < 1.29 is 9.21 Å². The van der Waals surface area contributed by atoms with E-state index >= 15 is 0 Å². The van der Waals surface area contributed by atoms with Crippen LogP contribution in [0.4, 0.5) is 11.4 Å². The largest absolute Gasteiger partial charge is 0.459 e. The molecule has 1 aliphatic rings. The standard InChI is InChI=1S/C26H20Cl2N4O2S/c1-15(33)30-16-8-10-17(11-9-16)32-25(24(31-26(32)35)20-7-2-3-14-29-20)22-13-12-21(34-22)18-5-4-6-19(27)23(18)28/h2-14,24-25H,1H3,(H,30,33)(H,31,35)/t24-,25+/m1/s1. The molecule has 0 unspecified atom stereocenters. The van der Waals surface area contributed by atoms with Gasteiger partial charge in [-0.1, -0.05) is 35.3 Å². The molecular formula is C26H20Cl2N4O2S. The fraction of sp³-hybridized carbons (Fsp3) is 0.115. The third-order valence-electron chi connectivity index (χ3n) is 5.70. The molecule has 4 aromatic rings. The van der Waals surface area contributed by atoms with Crippen LogP contribution in [0, 0.1) is 0 Å². The minimum atomic E-state index is -0.323. The van der Waals surface area contributed by atoms with Crippen molar-refractivity contribution in [3.8, 4) is 11.3 Å². The fourth-order valence-corrected chi connectivity index (χ4v) is 4.92. The van der Waals surface area contributed by atoms with Crippen LogP contribution >= 0.6 is 35.4 Å². The van der Waals surface area contributed by atoms with Gasteiger partial charge in [0.25, 0.3) is 0 Å². The van der Waals surface area contributed by atoms with Crippen molar-refractivity contribution in [3.05, 3.63) is 100 Å². The zero-order chi connectivity index (χ0) is 24.5. The van der Waals surface area contributed by atoms with Crippen molar-refractivity contribution in [1.29, 1.82) is 0 Å². The molecule has 1 fully saturated rings. The molecule has 2 aromatic heterocycles. The number of hydrogen-bond acceptors (Lipinski definition) is 4. The maximum Gasteiger partial charge on any atom is 0.221 e. The Bertz CT molecular complexity index is 1390. The molecule has 1 saturated heterocycles. The molecule has 3 heterocycles. The predicted octanol–water partition coefficient (Wildman–Crippen LogP) is 6.78. The van der Waals surface area contributed by atoms with E-state index in [2.05, 4.69) is 15.6 Å². The third-order valence-corrected chi connectivity index (χ3v) is 6.83. The minimum absolute atomic E-state index is 0.132. The van der Waals surface area contributed by atoms with Gasteiger partial charge in [0.1, 0.15) is 17.6 Å². The van der Waals surface area contributed by atoms with E-state index in [0.717, 1.165) is 11.4 Å². The number of carbonyl (C=O) groups excluding carboxylic acids is 1. The van der Waals surface area contributed by atoms with Crippen molar-refractivity contribution in [2.24, 2.45) is 0 Å². The zero-order valence-electron chi connectivity index (χ0n) is 18.5. The van der Waals surface area contributed by atoms with E-state index in [1.54, 1.807) is 12.3 Å². The number of halogens is 2. The number of benzene rings is 2. The van der Waals surface area contributed by atoms with Crippen LogP contribution in [-0.2, 0) is 4.79 Å². The van der Waals surface area contributed by atoms with Gasteiger partial charge in [0.15, 0.2) is 5.11 Å². The second-order valence-electron chi connectivity index (χ2n) is 8.03. The van der Waals surface area contributed by atoms with Crippen LogP contribution in [0.3, 0.4) is 0 Å². The Morgan fingerprint density at radius 3 is 2.57 bits per heavy atom. The number of anilines is 2. The van der Waals surface area contributed by atoms with Crippen LogP contribution in [0.25, 0.3) is 11.3 Å². The molecule has 0 radical (unpaired) electrons. The molecule has 2 N–H and O–H groups in total. The minimum Gasteiger partial charge on any atom is -0.459 e. The summed E-state index contributed by atoms with van der Waals surface area (Å²) in [6.45, 7) is 1.47. The van der Waals surface area contributed by atoms with E-state index in [-0.39, 0.29) is 18.0 Å². The molecule has 176 valence electrons. The lowest BCUT2D eigenvalue weighted by Gasteiger charge is -2.26. The molecule has 2 aromatic carbocycles. The van der Waals surface area contributed by atoms with E-state index < -0.39 is 0 Å². The van der Waals surface area contributed by atoms with Gasteiger partial charge in [0.05, 0.1) is 21.8 Å². The third kappa shape index (κ3) is 4.62. The molecule has 0 spiro atoms. The number of nitrogens with one attached hydrogen (secondary N) is 2. The molecule has 0 bridgehead atoms. The number of carbonyl (C=O) groups is 1. The van der Waals surface area contributed by atoms with Crippen LogP contribution in [0.5, 0.6) is 0 Å². The lowest BCUT2D eigenvalue weighted by molar-refractivity contribution is -0.114. The normalized spacial score (nSPS) is 17.3. The summed E-state index contributed by atoms with van der Waals surface area (Å²) >= 11 is 18.4. The fourth-order valence-electron chi connectivity index (χ4n) is 4.18. The summed E-state index contributed by atoms with van der Waals surface area (Å²) in [5.41, 5.74) is 3.09.